The molecule has 0 rings (SSSR count). The van der Waals surface area contributed by atoms with Crippen LogP contribution < -0.4 is 0 Å². The minimum Gasteiger partial charge on any atom is -0.468 e. The number of hydrogen-bond acceptors (Lipinski definition) is 5. The Balaban J connectivity index is 4.62. The van der Waals surface area contributed by atoms with Crippen LogP contribution in [0.25, 0.3) is 0 Å². The lowest BCUT2D eigenvalue weighted by molar-refractivity contribution is -0.141. The summed E-state index contributed by atoms with van der Waals surface area (Å²) >= 11 is 0.965. The summed E-state index contributed by atoms with van der Waals surface area (Å²) in [6, 6.07) is 0. The largest absolute Gasteiger partial charge is 0.468 e. The van der Waals surface area contributed by atoms with Gasteiger partial charge in [-0.1, -0.05) is 11.8 Å². The molecule has 0 aromatic carbocycles. The molecule has 0 spiro atoms. The van der Waals surface area contributed by atoms with Gasteiger partial charge in [0, 0.05) is 6.92 Å². The Labute approximate surface area is 102 Å². The molecule has 0 aromatic rings. The second kappa shape index (κ2) is 6.41. The summed E-state index contributed by atoms with van der Waals surface area (Å²) in [4.78, 5) is 22.6. The van der Waals surface area contributed by atoms with Crippen LogP contribution in [0.15, 0.2) is 0 Å². The first kappa shape index (κ1) is 15.7. The fraction of sp³-hybridized carbons (Fsp3) is 0.800. The first-order chi connectivity index (χ1) is 7.17. The van der Waals surface area contributed by atoms with Gasteiger partial charge in [-0.15, -0.1) is 0 Å². The fourth-order valence-electron chi connectivity index (χ4n) is 1.25. The van der Waals surface area contributed by atoms with Gasteiger partial charge in [0.05, 0.1) is 13.2 Å². The van der Waals surface area contributed by atoms with Crippen molar-refractivity contribution in [2.24, 2.45) is 0 Å². The molecule has 2 unspecified atom stereocenters. The number of carbonyl (C=O) groups is 2. The van der Waals surface area contributed by atoms with Crippen LogP contribution >= 0.6 is 11.8 Å². The van der Waals surface area contributed by atoms with Gasteiger partial charge in [-0.05, 0) is 26.6 Å². The Morgan fingerprint density at radius 1 is 1.25 bits per heavy atom. The zero-order valence-corrected chi connectivity index (χ0v) is 12.5. The van der Waals surface area contributed by atoms with Gasteiger partial charge in [-0.3, -0.25) is 9.59 Å². The van der Waals surface area contributed by atoms with E-state index >= 15 is 0 Å². The highest BCUT2D eigenvalue weighted by molar-refractivity contribution is 8.14. The Morgan fingerprint density at radius 3 is 2.06 bits per heavy atom. The third-order valence-corrected chi connectivity index (χ3v) is 3.93. The Kier molecular flexibility index (Phi) is 6.28. The molecule has 0 N–H and O–H groups in total. The van der Waals surface area contributed by atoms with E-state index in [-0.39, 0.29) is 11.2 Å². The molecular weight excluding hydrogens is 244 g/mol. The van der Waals surface area contributed by atoms with Gasteiger partial charge in [0.25, 0.3) is 0 Å². The third-order valence-electron chi connectivity index (χ3n) is 1.69. The number of hydrogen-bond donors (Lipinski definition) is 0. The zero-order valence-electron chi connectivity index (χ0n) is 10.7. The maximum absolute atomic E-state index is 11.5. The van der Waals surface area contributed by atoms with Crippen LogP contribution in [0.2, 0.25) is 19.6 Å². The Bertz CT molecular complexity index is 262. The summed E-state index contributed by atoms with van der Waals surface area (Å²) < 4.78 is 10.5. The van der Waals surface area contributed by atoms with Crippen LogP contribution in [0, 0.1) is 0 Å². The van der Waals surface area contributed by atoms with Crippen molar-refractivity contribution in [2.75, 3.05) is 7.11 Å². The quantitative estimate of drug-likeness (QED) is 0.562. The highest BCUT2D eigenvalue weighted by Crippen LogP contribution is 2.22. The zero-order chi connectivity index (χ0) is 12.9. The van der Waals surface area contributed by atoms with Crippen molar-refractivity contribution in [3.63, 3.8) is 0 Å². The molecule has 2 atom stereocenters. The summed E-state index contributed by atoms with van der Waals surface area (Å²) in [5, 5.41) is -0.685. The number of methoxy groups -OCH3 is 1. The second-order valence-corrected chi connectivity index (χ2v) is 10.3. The van der Waals surface area contributed by atoms with Gasteiger partial charge in [-0.2, -0.15) is 0 Å². The molecule has 0 amide bonds. The Morgan fingerprint density at radius 2 is 1.75 bits per heavy atom. The molecule has 0 saturated heterocycles. The number of ether oxygens (including phenoxy) is 1. The summed E-state index contributed by atoms with van der Waals surface area (Å²) in [5.41, 5.74) is 0. The highest BCUT2D eigenvalue weighted by Gasteiger charge is 2.32. The van der Waals surface area contributed by atoms with Gasteiger partial charge >= 0.3 is 5.97 Å². The second-order valence-electron chi connectivity index (χ2n) is 4.49. The van der Waals surface area contributed by atoms with E-state index in [4.69, 9.17) is 4.43 Å². The van der Waals surface area contributed by atoms with Crippen LogP contribution in [0.3, 0.4) is 0 Å². The molecule has 0 fully saturated rings. The van der Waals surface area contributed by atoms with Crippen LogP contribution in [0.1, 0.15) is 13.8 Å². The van der Waals surface area contributed by atoms with Gasteiger partial charge in [0.2, 0.25) is 0 Å². The number of thioether (sulfide) groups is 1. The fourth-order valence-corrected chi connectivity index (χ4v) is 3.40. The lowest BCUT2D eigenvalue weighted by Crippen LogP contribution is -2.40. The summed E-state index contributed by atoms with van der Waals surface area (Å²) in [6.07, 6.45) is -0.312. The van der Waals surface area contributed by atoms with Crippen molar-refractivity contribution in [1.29, 1.82) is 0 Å². The molecule has 0 heterocycles. The van der Waals surface area contributed by atoms with E-state index in [1.165, 1.54) is 14.0 Å². The number of rotatable bonds is 5. The van der Waals surface area contributed by atoms with Crippen molar-refractivity contribution in [3.05, 3.63) is 0 Å². The van der Waals surface area contributed by atoms with E-state index in [9.17, 15) is 9.59 Å². The molecule has 0 radical (unpaired) electrons. The molecule has 0 aliphatic carbocycles. The first-order valence-electron chi connectivity index (χ1n) is 5.10. The maximum Gasteiger partial charge on any atom is 0.321 e. The van der Waals surface area contributed by atoms with Crippen molar-refractivity contribution in [2.45, 2.75) is 44.8 Å². The van der Waals surface area contributed by atoms with E-state index in [0.717, 1.165) is 11.8 Å². The van der Waals surface area contributed by atoms with E-state index < -0.39 is 19.5 Å². The van der Waals surface area contributed by atoms with E-state index in [0.29, 0.717) is 0 Å². The molecule has 6 heteroatoms. The first-order valence-corrected chi connectivity index (χ1v) is 9.39. The van der Waals surface area contributed by atoms with Gasteiger partial charge in [0.1, 0.15) is 5.25 Å². The maximum atomic E-state index is 11.5. The lowest BCUT2D eigenvalue weighted by Gasteiger charge is -2.27. The minimum atomic E-state index is -1.73. The van der Waals surface area contributed by atoms with Gasteiger partial charge < -0.3 is 9.16 Å². The average molecular weight is 264 g/mol. The molecule has 0 aromatic heterocycles. The monoisotopic (exact) mass is 264 g/mol. The van der Waals surface area contributed by atoms with Gasteiger partial charge in [0.15, 0.2) is 13.4 Å². The molecule has 0 aliphatic rings. The molecule has 94 valence electrons. The third kappa shape index (κ3) is 6.29. The summed E-state index contributed by atoms with van der Waals surface area (Å²) in [5.74, 6) is -0.411. The van der Waals surface area contributed by atoms with Crippen LogP contribution in [0.4, 0.5) is 0 Å². The standard InChI is InChI=1S/C10H20O4SSi/c1-7(14-16(4,5)6)9(10(12)13-3)15-8(2)11/h7,9H,1-6H3. The molecule has 16 heavy (non-hydrogen) atoms. The predicted molar refractivity (Wildman–Crippen MR) is 68.0 cm³/mol. The summed E-state index contributed by atoms with van der Waals surface area (Å²) in [6.45, 7) is 9.35. The van der Waals surface area contributed by atoms with Crippen LogP contribution in [-0.4, -0.2) is 37.9 Å². The van der Waals surface area contributed by atoms with Crippen molar-refractivity contribution >= 4 is 31.2 Å². The Hall–Kier alpha value is -0.333. The number of esters is 1. The average Bonchev–Trinajstić information content (AvgIpc) is 2.09. The molecular formula is C10H20O4SSi. The van der Waals surface area contributed by atoms with Crippen LogP contribution in [0.5, 0.6) is 0 Å². The van der Waals surface area contributed by atoms with E-state index in [1.54, 1.807) is 6.92 Å². The smallest absolute Gasteiger partial charge is 0.321 e. The molecule has 0 saturated carbocycles. The van der Waals surface area contributed by atoms with E-state index in [2.05, 4.69) is 4.74 Å². The number of carbonyl (C=O) groups excluding carboxylic acids is 2. The van der Waals surface area contributed by atoms with E-state index in [1.807, 2.05) is 19.6 Å². The predicted octanol–water partition coefficient (Wildman–Crippen LogP) is 2.05. The minimum absolute atomic E-state index is 0.110. The topological polar surface area (TPSA) is 52.6 Å². The van der Waals surface area contributed by atoms with Crippen molar-refractivity contribution in [1.82, 2.24) is 0 Å². The van der Waals surface area contributed by atoms with Crippen molar-refractivity contribution < 1.29 is 18.8 Å². The SMILES string of the molecule is COC(=O)C(SC(C)=O)C(C)O[Si](C)(C)C. The lowest BCUT2D eigenvalue weighted by atomic mass is 10.3. The normalized spacial score (nSPS) is 15.4. The highest BCUT2D eigenvalue weighted by atomic mass is 32.2. The van der Waals surface area contributed by atoms with Crippen molar-refractivity contribution in [3.8, 4) is 0 Å². The molecule has 4 nitrogen and oxygen atoms in total. The van der Waals surface area contributed by atoms with Crippen LogP contribution in [-0.2, 0) is 18.8 Å². The molecule has 0 bridgehead atoms. The van der Waals surface area contributed by atoms with Gasteiger partial charge in [-0.25, -0.2) is 0 Å². The summed E-state index contributed by atoms with van der Waals surface area (Å²) in [7, 11) is -0.408. The molecule has 0 aliphatic heterocycles.